The molecule has 4 nitrogen and oxygen atoms in total. The normalized spacial score (nSPS) is 10.9. The first-order chi connectivity index (χ1) is 8.68. The highest BCUT2D eigenvalue weighted by atomic mass is 16.6. The highest BCUT2D eigenvalue weighted by Gasteiger charge is 2.10. The molecule has 18 heavy (non-hydrogen) atoms. The number of esters is 1. The first kappa shape index (κ1) is 17.4. The van der Waals surface area contributed by atoms with Crippen molar-refractivity contribution in [3.05, 3.63) is 0 Å². The summed E-state index contributed by atoms with van der Waals surface area (Å²) in [5, 5.41) is 16.9. The molecule has 0 aromatic heterocycles. The molecule has 0 spiro atoms. The SMILES string of the molecule is CCCCCCCCCCCCOC(=O)C(O)O. The predicted octanol–water partition coefficient (Wildman–Crippen LogP) is 2.76. The number of carbonyl (C=O) groups is 1. The summed E-state index contributed by atoms with van der Waals surface area (Å²) in [7, 11) is 0. The van der Waals surface area contributed by atoms with Crippen LogP contribution in [0.25, 0.3) is 0 Å². The van der Waals surface area contributed by atoms with Gasteiger partial charge in [-0.05, 0) is 6.42 Å². The van der Waals surface area contributed by atoms with Gasteiger partial charge in [-0.25, -0.2) is 4.79 Å². The van der Waals surface area contributed by atoms with Gasteiger partial charge in [-0.1, -0.05) is 64.7 Å². The van der Waals surface area contributed by atoms with Gasteiger partial charge in [-0.15, -0.1) is 0 Å². The zero-order valence-corrected chi connectivity index (χ0v) is 11.6. The van der Waals surface area contributed by atoms with Crippen LogP contribution in [0.3, 0.4) is 0 Å². The lowest BCUT2D eigenvalue weighted by Gasteiger charge is -2.05. The fourth-order valence-electron chi connectivity index (χ4n) is 1.84. The standard InChI is InChI=1S/C14H28O4/c1-2-3-4-5-6-7-8-9-10-11-12-18-14(17)13(15)16/h13,15-16H,2-12H2,1H3. The molecule has 0 aromatic rings. The van der Waals surface area contributed by atoms with Gasteiger partial charge in [0.15, 0.2) is 0 Å². The van der Waals surface area contributed by atoms with Crippen molar-refractivity contribution in [2.45, 2.75) is 77.4 Å². The van der Waals surface area contributed by atoms with Gasteiger partial charge in [-0.2, -0.15) is 0 Å². The van der Waals surface area contributed by atoms with Crippen molar-refractivity contribution >= 4 is 5.97 Å². The molecular weight excluding hydrogens is 232 g/mol. The number of ether oxygens (including phenoxy) is 1. The van der Waals surface area contributed by atoms with Crippen LogP contribution in [0.5, 0.6) is 0 Å². The van der Waals surface area contributed by atoms with Crippen LogP contribution in [0.4, 0.5) is 0 Å². The van der Waals surface area contributed by atoms with Crippen LogP contribution in [0.15, 0.2) is 0 Å². The molecule has 0 bridgehead atoms. The topological polar surface area (TPSA) is 66.8 Å². The van der Waals surface area contributed by atoms with E-state index in [2.05, 4.69) is 11.7 Å². The average Bonchev–Trinajstić information content (AvgIpc) is 2.35. The van der Waals surface area contributed by atoms with Crippen molar-refractivity contribution in [2.75, 3.05) is 6.61 Å². The summed E-state index contributed by atoms with van der Waals surface area (Å²) in [5.74, 6) is -0.953. The lowest BCUT2D eigenvalue weighted by molar-refractivity contribution is -0.173. The molecule has 0 amide bonds. The van der Waals surface area contributed by atoms with Crippen molar-refractivity contribution in [2.24, 2.45) is 0 Å². The van der Waals surface area contributed by atoms with Gasteiger partial charge in [0.1, 0.15) is 0 Å². The minimum absolute atomic E-state index is 0.285. The summed E-state index contributed by atoms with van der Waals surface area (Å²) in [6.45, 7) is 2.51. The zero-order valence-electron chi connectivity index (χ0n) is 11.6. The van der Waals surface area contributed by atoms with E-state index in [4.69, 9.17) is 10.2 Å². The number of aliphatic hydroxyl groups excluding tert-OH is 1. The van der Waals surface area contributed by atoms with E-state index in [1.807, 2.05) is 0 Å². The Hall–Kier alpha value is -0.610. The Morgan fingerprint density at radius 2 is 1.33 bits per heavy atom. The van der Waals surface area contributed by atoms with E-state index in [-0.39, 0.29) is 6.61 Å². The molecule has 0 atom stereocenters. The van der Waals surface area contributed by atoms with Crippen molar-refractivity contribution in [3.63, 3.8) is 0 Å². The lowest BCUT2D eigenvalue weighted by atomic mass is 10.1. The van der Waals surface area contributed by atoms with Crippen LogP contribution in [0.2, 0.25) is 0 Å². The van der Waals surface area contributed by atoms with Gasteiger partial charge >= 0.3 is 5.97 Å². The monoisotopic (exact) mass is 260 g/mol. The van der Waals surface area contributed by atoms with E-state index in [1.54, 1.807) is 0 Å². The van der Waals surface area contributed by atoms with Gasteiger partial charge in [0.05, 0.1) is 6.61 Å². The van der Waals surface area contributed by atoms with Gasteiger partial charge in [-0.3, -0.25) is 0 Å². The van der Waals surface area contributed by atoms with Gasteiger partial charge < -0.3 is 14.9 Å². The van der Waals surface area contributed by atoms with Crippen LogP contribution in [-0.4, -0.2) is 29.1 Å². The molecular formula is C14H28O4. The average molecular weight is 260 g/mol. The molecule has 0 saturated carbocycles. The zero-order chi connectivity index (χ0) is 13.6. The molecule has 108 valence electrons. The molecule has 0 rings (SSSR count). The van der Waals surface area contributed by atoms with Gasteiger partial charge in [0.25, 0.3) is 6.29 Å². The van der Waals surface area contributed by atoms with Crippen molar-refractivity contribution < 1.29 is 19.7 Å². The Labute approximate surface area is 110 Å². The second-order valence-electron chi connectivity index (χ2n) is 4.72. The van der Waals surface area contributed by atoms with Crippen LogP contribution < -0.4 is 0 Å². The highest BCUT2D eigenvalue weighted by Crippen LogP contribution is 2.10. The molecule has 2 N–H and O–H groups in total. The maximum absolute atomic E-state index is 10.7. The van der Waals surface area contributed by atoms with E-state index < -0.39 is 12.3 Å². The summed E-state index contributed by atoms with van der Waals surface area (Å²) >= 11 is 0. The van der Waals surface area contributed by atoms with E-state index >= 15 is 0 Å². The second kappa shape index (κ2) is 12.8. The van der Waals surface area contributed by atoms with Crippen molar-refractivity contribution in [1.82, 2.24) is 0 Å². The fraction of sp³-hybridized carbons (Fsp3) is 0.929. The number of rotatable bonds is 12. The summed E-state index contributed by atoms with van der Waals surface area (Å²) < 4.78 is 4.64. The molecule has 0 aliphatic rings. The first-order valence-electron chi connectivity index (χ1n) is 7.21. The fourth-order valence-corrected chi connectivity index (χ4v) is 1.84. The third-order valence-electron chi connectivity index (χ3n) is 2.95. The maximum Gasteiger partial charge on any atom is 0.363 e. The summed E-state index contributed by atoms with van der Waals surface area (Å²) in [6.07, 6.45) is 10.2. The Morgan fingerprint density at radius 1 is 0.889 bits per heavy atom. The molecule has 0 fully saturated rings. The minimum atomic E-state index is -1.99. The predicted molar refractivity (Wildman–Crippen MR) is 71.0 cm³/mol. The Bertz CT molecular complexity index is 192. The Kier molecular flexibility index (Phi) is 12.4. The molecule has 0 unspecified atom stereocenters. The number of unbranched alkanes of at least 4 members (excludes halogenated alkanes) is 9. The molecule has 4 heteroatoms. The molecule has 0 radical (unpaired) electrons. The molecule has 0 saturated heterocycles. The lowest BCUT2D eigenvalue weighted by Crippen LogP contribution is -2.22. The third kappa shape index (κ3) is 11.9. The molecule has 0 aliphatic heterocycles. The number of hydrogen-bond donors (Lipinski definition) is 2. The first-order valence-corrected chi connectivity index (χ1v) is 7.21. The highest BCUT2D eigenvalue weighted by molar-refractivity contribution is 5.72. The molecule has 0 heterocycles. The van der Waals surface area contributed by atoms with Crippen LogP contribution >= 0.6 is 0 Å². The number of aliphatic hydroxyl groups is 2. The van der Waals surface area contributed by atoms with E-state index in [9.17, 15) is 4.79 Å². The third-order valence-corrected chi connectivity index (χ3v) is 2.95. The largest absolute Gasteiger partial charge is 0.462 e. The molecule has 0 aromatic carbocycles. The number of carbonyl (C=O) groups excluding carboxylic acids is 1. The van der Waals surface area contributed by atoms with Crippen LogP contribution in [-0.2, 0) is 9.53 Å². The van der Waals surface area contributed by atoms with Gasteiger partial charge in [0.2, 0.25) is 0 Å². The smallest absolute Gasteiger partial charge is 0.363 e. The van der Waals surface area contributed by atoms with E-state index in [0.717, 1.165) is 19.3 Å². The Balaban J connectivity index is 3.05. The Morgan fingerprint density at radius 3 is 1.78 bits per heavy atom. The summed E-state index contributed by atoms with van der Waals surface area (Å²) in [4.78, 5) is 10.7. The molecule has 0 aliphatic carbocycles. The quantitative estimate of drug-likeness (QED) is 0.322. The van der Waals surface area contributed by atoms with E-state index in [0.29, 0.717) is 0 Å². The summed E-state index contributed by atoms with van der Waals surface area (Å²) in [6, 6.07) is 0. The van der Waals surface area contributed by atoms with E-state index in [1.165, 1.54) is 44.9 Å². The minimum Gasteiger partial charge on any atom is -0.462 e. The number of hydrogen-bond acceptors (Lipinski definition) is 4. The second-order valence-corrected chi connectivity index (χ2v) is 4.72. The van der Waals surface area contributed by atoms with Crippen molar-refractivity contribution in [3.8, 4) is 0 Å². The maximum atomic E-state index is 10.7. The van der Waals surface area contributed by atoms with Gasteiger partial charge in [0, 0.05) is 0 Å². The summed E-state index contributed by atoms with van der Waals surface area (Å²) in [5.41, 5.74) is 0. The van der Waals surface area contributed by atoms with Crippen LogP contribution in [0.1, 0.15) is 71.1 Å². The van der Waals surface area contributed by atoms with Crippen LogP contribution in [0, 0.1) is 0 Å². The van der Waals surface area contributed by atoms with Crippen molar-refractivity contribution in [1.29, 1.82) is 0 Å².